The minimum atomic E-state index is -3.76. The Morgan fingerprint density at radius 1 is 0.833 bits per heavy atom. The number of sulfonamides is 1. The minimum absolute atomic E-state index is 0.0721. The van der Waals surface area contributed by atoms with Gasteiger partial charge in [-0.15, -0.1) is 11.3 Å². The number of hydrogen-bond donors (Lipinski definition) is 0. The first-order chi connectivity index (χ1) is 20.5. The molecule has 3 aromatic carbocycles. The van der Waals surface area contributed by atoms with Crippen LogP contribution in [-0.4, -0.2) is 53.2 Å². The first-order valence-electron chi connectivity index (χ1n) is 13.8. The summed E-state index contributed by atoms with van der Waals surface area (Å²) in [5.74, 6) is 0. The Kier molecular flexibility index (Phi) is 6.84. The molecule has 0 atom stereocenters. The molecule has 0 radical (unpaired) electrons. The maximum Gasteiger partial charge on any atom is 0.244 e. The lowest BCUT2D eigenvalue weighted by Crippen LogP contribution is -2.48. The largest absolute Gasteiger partial charge is 0.301 e. The second-order valence-corrected chi connectivity index (χ2v) is 13.3. The number of nitriles is 1. The highest BCUT2D eigenvalue weighted by Gasteiger charge is 2.31. The lowest BCUT2D eigenvalue weighted by Gasteiger charge is -2.34. The van der Waals surface area contributed by atoms with E-state index in [0.29, 0.717) is 32.7 Å². The molecule has 4 heterocycles. The van der Waals surface area contributed by atoms with E-state index in [1.807, 2.05) is 24.3 Å². The van der Waals surface area contributed by atoms with Gasteiger partial charge in [0.05, 0.1) is 21.8 Å². The van der Waals surface area contributed by atoms with Crippen molar-refractivity contribution in [2.45, 2.75) is 11.4 Å². The van der Waals surface area contributed by atoms with Crippen LogP contribution in [-0.2, 0) is 16.6 Å². The highest BCUT2D eigenvalue weighted by molar-refractivity contribution is 7.89. The van der Waals surface area contributed by atoms with E-state index in [4.69, 9.17) is 4.98 Å². The van der Waals surface area contributed by atoms with Crippen LogP contribution in [0.25, 0.3) is 37.4 Å². The molecule has 42 heavy (non-hydrogen) atoms. The van der Waals surface area contributed by atoms with Crippen LogP contribution in [0.15, 0.2) is 108 Å². The summed E-state index contributed by atoms with van der Waals surface area (Å²) in [6.45, 7) is 2.49. The van der Waals surface area contributed by atoms with Gasteiger partial charge in [0.15, 0.2) is 0 Å². The standard InChI is InChI=1S/C33H27N5O2S2/c34-21-26-11-5-7-13-31(26)42(39,40)37-18-16-36(17-19-37)23-28-33(24-8-2-1-3-9-24)35-32-15-14-27(22-38(28)32)30-20-25-10-4-6-12-29(25)41-30/h1-15,20,22H,16-19,23H2. The summed E-state index contributed by atoms with van der Waals surface area (Å²) in [5.41, 5.74) is 5.24. The topological polar surface area (TPSA) is 81.7 Å². The van der Waals surface area contributed by atoms with Crippen LogP contribution in [0.2, 0.25) is 0 Å². The first-order valence-corrected chi connectivity index (χ1v) is 16.0. The van der Waals surface area contributed by atoms with E-state index in [9.17, 15) is 13.7 Å². The quantitative estimate of drug-likeness (QED) is 0.229. The van der Waals surface area contributed by atoms with E-state index in [0.717, 1.165) is 28.2 Å². The molecule has 0 aliphatic carbocycles. The van der Waals surface area contributed by atoms with Crippen molar-refractivity contribution in [2.75, 3.05) is 26.2 Å². The molecule has 0 saturated carbocycles. The monoisotopic (exact) mass is 589 g/mol. The number of nitrogens with zero attached hydrogens (tertiary/aromatic N) is 5. The predicted octanol–water partition coefficient (Wildman–Crippen LogP) is 6.26. The van der Waals surface area contributed by atoms with Crippen molar-refractivity contribution in [1.82, 2.24) is 18.6 Å². The summed E-state index contributed by atoms with van der Waals surface area (Å²) in [7, 11) is -3.76. The second-order valence-electron chi connectivity index (χ2n) is 10.4. The number of imidazole rings is 1. The number of piperazine rings is 1. The third-order valence-electron chi connectivity index (χ3n) is 7.80. The summed E-state index contributed by atoms with van der Waals surface area (Å²) in [5, 5.41) is 10.7. The second kappa shape index (κ2) is 10.8. The summed E-state index contributed by atoms with van der Waals surface area (Å²) in [6.07, 6.45) is 2.17. The van der Waals surface area contributed by atoms with Crippen molar-refractivity contribution < 1.29 is 8.42 Å². The SMILES string of the molecule is N#Cc1ccccc1S(=O)(=O)N1CCN(Cc2c(-c3ccccc3)nc3ccc(-c4cc5ccccc5s4)cn23)CC1. The normalized spacial score (nSPS) is 14.8. The van der Waals surface area contributed by atoms with Gasteiger partial charge in [-0.2, -0.15) is 9.57 Å². The van der Waals surface area contributed by atoms with Crippen molar-refractivity contribution in [1.29, 1.82) is 5.26 Å². The van der Waals surface area contributed by atoms with E-state index in [-0.39, 0.29) is 10.5 Å². The fourth-order valence-electron chi connectivity index (χ4n) is 5.60. The van der Waals surface area contributed by atoms with Gasteiger partial charge < -0.3 is 4.40 Å². The van der Waals surface area contributed by atoms with Gasteiger partial charge in [-0.3, -0.25) is 4.90 Å². The van der Waals surface area contributed by atoms with E-state index in [2.05, 4.69) is 70.1 Å². The molecule has 1 saturated heterocycles. The highest BCUT2D eigenvalue weighted by Crippen LogP contribution is 2.35. The lowest BCUT2D eigenvalue weighted by molar-refractivity contribution is 0.180. The molecule has 208 valence electrons. The molecule has 0 N–H and O–H groups in total. The van der Waals surface area contributed by atoms with Crippen LogP contribution in [0.1, 0.15) is 11.3 Å². The van der Waals surface area contributed by atoms with Crippen molar-refractivity contribution >= 4 is 37.1 Å². The summed E-state index contributed by atoms with van der Waals surface area (Å²) in [4.78, 5) is 8.60. The molecule has 1 aliphatic heterocycles. The number of benzene rings is 3. The van der Waals surface area contributed by atoms with E-state index in [1.54, 1.807) is 29.5 Å². The van der Waals surface area contributed by atoms with Crippen molar-refractivity contribution in [2.24, 2.45) is 0 Å². The number of rotatable bonds is 6. The van der Waals surface area contributed by atoms with Crippen molar-refractivity contribution in [3.63, 3.8) is 0 Å². The van der Waals surface area contributed by atoms with E-state index >= 15 is 0 Å². The number of thiophene rings is 1. The summed E-state index contributed by atoms with van der Waals surface area (Å²) < 4.78 is 31.7. The molecule has 9 heteroatoms. The average molecular weight is 590 g/mol. The van der Waals surface area contributed by atoms with Gasteiger partial charge in [-0.05, 0) is 41.8 Å². The van der Waals surface area contributed by atoms with Gasteiger partial charge in [0, 0.05) is 59.6 Å². The Balaban J connectivity index is 1.21. The van der Waals surface area contributed by atoms with Gasteiger partial charge >= 0.3 is 0 Å². The number of fused-ring (bicyclic) bond motifs is 2. The smallest absolute Gasteiger partial charge is 0.244 e. The van der Waals surface area contributed by atoms with Crippen LogP contribution in [0.5, 0.6) is 0 Å². The van der Waals surface area contributed by atoms with Crippen LogP contribution in [0.3, 0.4) is 0 Å². The zero-order chi connectivity index (χ0) is 28.7. The van der Waals surface area contributed by atoms with Gasteiger partial charge in [0.1, 0.15) is 11.7 Å². The molecule has 0 amide bonds. The Labute approximate surface area is 248 Å². The fraction of sp³-hybridized carbons (Fsp3) is 0.152. The van der Waals surface area contributed by atoms with E-state index in [1.165, 1.54) is 25.3 Å². The zero-order valence-electron chi connectivity index (χ0n) is 22.7. The van der Waals surface area contributed by atoms with Crippen molar-refractivity contribution in [3.8, 4) is 27.8 Å². The number of pyridine rings is 1. The molecule has 7 nitrogen and oxygen atoms in total. The maximum absolute atomic E-state index is 13.4. The molecule has 1 aliphatic rings. The lowest BCUT2D eigenvalue weighted by atomic mass is 10.1. The van der Waals surface area contributed by atoms with Crippen LogP contribution in [0, 0.1) is 11.3 Å². The van der Waals surface area contributed by atoms with Crippen molar-refractivity contribution in [3.05, 3.63) is 115 Å². The molecule has 0 spiro atoms. The van der Waals surface area contributed by atoms with Gasteiger partial charge in [-0.25, -0.2) is 13.4 Å². The summed E-state index contributed by atoms with van der Waals surface area (Å²) in [6, 6.07) is 33.5. The Morgan fingerprint density at radius 2 is 1.57 bits per heavy atom. The third-order valence-corrected chi connectivity index (χ3v) is 10.9. The fourth-order valence-corrected chi connectivity index (χ4v) is 8.22. The van der Waals surface area contributed by atoms with Crippen LogP contribution < -0.4 is 0 Å². The Hall–Kier alpha value is -4.33. The predicted molar refractivity (Wildman–Crippen MR) is 167 cm³/mol. The zero-order valence-corrected chi connectivity index (χ0v) is 24.4. The number of aromatic nitrogens is 2. The molecular weight excluding hydrogens is 563 g/mol. The molecule has 1 fully saturated rings. The van der Waals surface area contributed by atoms with Gasteiger partial charge in [0.2, 0.25) is 10.0 Å². The highest BCUT2D eigenvalue weighted by atomic mass is 32.2. The Bertz CT molecular complexity index is 2040. The van der Waals surface area contributed by atoms with E-state index < -0.39 is 10.0 Å². The molecule has 3 aromatic heterocycles. The Morgan fingerprint density at radius 3 is 2.36 bits per heavy atom. The average Bonchev–Trinajstić information content (AvgIpc) is 3.63. The maximum atomic E-state index is 13.4. The van der Waals surface area contributed by atoms with Crippen LogP contribution >= 0.6 is 11.3 Å². The minimum Gasteiger partial charge on any atom is -0.301 e. The molecule has 6 aromatic rings. The van der Waals surface area contributed by atoms with Gasteiger partial charge in [-0.1, -0.05) is 60.7 Å². The molecule has 0 unspecified atom stereocenters. The van der Waals surface area contributed by atoms with Crippen LogP contribution in [0.4, 0.5) is 0 Å². The molecule has 0 bridgehead atoms. The third kappa shape index (κ3) is 4.78. The van der Waals surface area contributed by atoms with Gasteiger partial charge in [0.25, 0.3) is 0 Å². The molecular formula is C33H27N5O2S2. The first kappa shape index (κ1) is 26.6. The molecule has 7 rings (SSSR count). The number of hydrogen-bond acceptors (Lipinski definition) is 6. The summed E-state index contributed by atoms with van der Waals surface area (Å²) >= 11 is 1.78.